The molecular weight excluding hydrogens is 346 g/mol. The second-order valence-electron chi connectivity index (χ2n) is 10.3. The summed E-state index contributed by atoms with van der Waals surface area (Å²) in [6.45, 7) is 5.03. The minimum Gasteiger partial charge on any atom is -0.342 e. The van der Waals surface area contributed by atoms with Crippen LogP contribution in [0.4, 0.5) is 0 Å². The molecule has 5 rings (SSSR count). The Kier molecular flexibility index (Phi) is 4.19. The van der Waals surface area contributed by atoms with Gasteiger partial charge in [0.15, 0.2) is 0 Å². The summed E-state index contributed by atoms with van der Waals surface area (Å²) in [6, 6.07) is 0.454. The van der Waals surface area contributed by atoms with Crippen LogP contribution in [0.2, 0.25) is 0 Å². The molecule has 0 aromatic carbocycles. The number of rotatable bonds is 1. The molecule has 6 atom stereocenters. The van der Waals surface area contributed by atoms with Crippen LogP contribution in [0.1, 0.15) is 70.9 Å². The molecule has 1 aromatic heterocycles. The van der Waals surface area contributed by atoms with E-state index in [4.69, 9.17) is 0 Å². The van der Waals surface area contributed by atoms with Gasteiger partial charge in [-0.05, 0) is 79.6 Å². The number of amides is 1. The Morgan fingerprint density at radius 1 is 1.07 bits per heavy atom. The van der Waals surface area contributed by atoms with Gasteiger partial charge in [-0.1, -0.05) is 19.4 Å². The summed E-state index contributed by atoms with van der Waals surface area (Å²) in [6.07, 6.45) is 17.2. The van der Waals surface area contributed by atoms with Crippen molar-refractivity contribution in [1.82, 2.24) is 14.9 Å². The monoisotopic (exact) mass is 379 g/mol. The number of likely N-dealkylation sites (tertiary alicyclic amines) is 1. The van der Waals surface area contributed by atoms with Crippen molar-refractivity contribution in [2.75, 3.05) is 7.05 Å². The lowest BCUT2D eigenvalue weighted by atomic mass is 9.47. The Morgan fingerprint density at radius 2 is 1.93 bits per heavy atom. The number of nitrogens with zero attached hydrogens (tertiary/aromatic N) is 3. The van der Waals surface area contributed by atoms with Gasteiger partial charge in [-0.2, -0.15) is 0 Å². The molecule has 1 amide bonds. The van der Waals surface area contributed by atoms with Crippen LogP contribution in [0.3, 0.4) is 0 Å². The number of carbonyl (C=O) groups excluding carboxylic acids is 1. The van der Waals surface area contributed by atoms with E-state index in [1.807, 2.05) is 6.20 Å². The Labute approximate surface area is 168 Å². The normalized spacial score (nSPS) is 44.2. The van der Waals surface area contributed by atoms with E-state index < -0.39 is 0 Å². The Balaban J connectivity index is 1.44. The van der Waals surface area contributed by atoms with E-state index in [-0.39, 0.29) is 0 Å². The number of allylic oxidation sites excluding steroid dienone is 1. The minimum absolute atomic E-state index is 0.310. The summed E-state index contributed by atoms with van der Waals surface area (Å²) in [7, 11) is 2.05. The predicted molar refractivity (Wildman–Crippen MR) is 110 cm³/mol. The van der Waals surface area contributed by atoms with E-state index in [9.17, 15) is 4.79 Å². The number of carbonyl (C=O) groups is 1. The molecule has 4 fully saturated rings. The molecule has 1 aromatic rings. The molecule has 1 aliphatic heterocycles. The average Bonchev–Trinajstić information content (AvgIpc) is 3.02. The maximum Gasteiger partial charge on any atom is 0.222 e. The van der Waals surface area contributed by atoms with Gasteiger partial charge in [-0.15, -0.1) is 0 Å². The smallest absolute Gasteiger partial charge is 0.222 e. The van der Waals surface area contributed by atoms with Crippen LogP contribution in [-0.4, -0.2) is 33.9 Å². The highest BCUT2D eigenvalue weighted by Crippen LogP contribution is 2.66. The number of fused-ring (bicyclic) bond motifs is 5. The summed E-state index contributed by atoms with van der Waals surface area (Å²) in [5.41, 5.74) is 3.23. The molecule has 0 spiro atoms. The van der Waals surface area contributed by atoms with Crippen molar-refractivity contribution >= 4 is 12.0 Å². The summed E-state index contributed by atoms with van der Waals surface area (Å²) < 4.78 is 0. The number of piperidine rings is 1. The van der Waals surface area contributed by atoms with Crippen LogP contribution in [0.5, 0.6) is 0 Å². The fourth-order valence-electron chi connectivity index (χ4n) is 7.80. The fraction of sp³-hybridized carbons (Fsp3) is 0.708. The van der Waals surface area contributed by atoms with Crippen molar-refractivity contribution in [3.63, 3.8) is 0 Å². The first kappa shape index (κ1) is 18.3. The SMILES string of the molecule is CN1C(=O)CC[C@]2(C)[C@H]3CC[C@]4(C)/C(=C/c5cnccn5)CC[C@H]4[C@@H]3CC[C@@H]12. The molecule has 4 nitrogen and oxygen atoms in total. The van der Waals surface area contributed by atoms with E-state index in [0.717, 1.165) is 36.3 Å². The molecule has 4 heteroatoms. The van der Waals surface area contributed by atoms with Crippen LogP contribution in [0.25, 0.3) is 6.08 Å². The molecule has 4 aliphatic rings. The van der Waals surface area contributed by atoms with E-state index in [2.05, 4.69) is 41.8 Å². The molecule has 150 valence electrons. The Hall–Kier alpha value is -1.71. The molecule has 0 N–H and O–H groups in total. The minimum atomic E-state index is 0.310. The number of hydrogen-bond donors (Lipinski definition) is 0. The van der Waals surface area contributed by atoms with Gasteiger partial charge >= 0.3 is 0 Å². The van der Waals surface area contributed by atoms with Crippen molar-refractivity contribution in [1.29, 1.82) is 0 Å². The van der Waals surface area contributed by atoms with Crippen LogP contribution in [-0.2, 0) is 4.79 Å². The highest BCUT2D eigenvalue weighted by atomic mass is 16.2. The fourth-order valence-corrected chi connectivity index (χ4v) is 7.80. The summed E-state index contributed by atoms with van der Waals surface area (Å²) in [5.74, 6) is 2.73. The quantitative estimate of drug-likeness (QED) is 0.709. The molecule has 0 bridgehead atoms. The molecule has 3 aliphatic carbocycles. The average molecular weight is 380 g/mol. The molecule has 3 saturated carbocycles. The van der Waals surface area contributed by atoms with E-state index >= 15 is 0 Å². The third-order valence-electron chi connectivity index (χ3n) is 9.31. The van der Waals surface area contributed by atoms with Gasteiger partial charge in [-0.25, -0.2) is 0 Å². The highest BCUT2D eigenvalue weighted by molar-refractivity contribution is 5.77. The van der Waals surface area contributed by atoms with E-state index in [1.165, 1.54) is 38.5 Å². The predicted octanol–water partition coefficient (Wildman–Crippen LogP) is 4.72. The summed E-state index contributed by atoms with van der Waals surface area (Å²) in [4.78, 5) is 23.2. The second kappa shape index (κ2) is 6.40. The Morgan fingerprint density at radius 3 is 2.71 bits per heavy atom. The zero-order chi connectivity index (χ0) is 19.5. The lowest BCUT2D eigenvalue weighted by molar-refractivity contribution is -0.156. The summed E-state index contributed by atoms with van der Waals surface area (Å²) >= 11 is 0. The maximum atomic E-state index is 12.3. The topological polar surface area (TPSA) is 46.1 Å². The van der Waals surface area contributed by atoms with Crippen molar-refractivity contribution in [2.24, 2.45) is 28.6 Å². The first-order chi connectivity index (χ1) is 13.4. The lowest BCUT2D eigenvalue weighted by Gasteiger charge is -2.61. The van der Waals surface area contributed by atoms with Gasteiger partial charge < -0.3 is 4.90 Å². The first-order valence-corrected chi connectivity index (χ1v) is 11.2. The van der Waals surface area contributed by atoms with Gasteiger partial charge in [0.05, 0.1) is 11.9 Å². The van der Waals surface area contributed by atoms with Gasteiger partial charge in [0.2, 0.25) is 5.91 Å². The molecular formula is C24H33N3O. The van der Waals surface area contributed by atoms with Crippen molar-refractivity contribution in [2.45, 2.75) is 71.3 Å². The highest BCUT2D eigenvalue weighted by Gasteiger charge is 2.60. The molecule has 0 unspecified atom stereocenters. The van der Waals surface area contributed by atoms with E-state index in [1.54, 1.807) is 18.0 Å². The number of hydrogen-bond acceptors (Lipinski definition) is 3. The Bertz CT molecular complexity index is 805. The third kappa shape index (κ3) is 2.52. The van der Waals surface area contributed by atoms with Crippen LogP contribution in [0.15, 0.2) is 24.2 Å². The zero-order valence-electron chi connectivity index (χ0n) is 17.5. The van der Waals surface area contributed by atoms with Crippen LogP contribution < -0.4 is 0 Å². The standard InChI is InChI=1S/C24H33N3O/c1-23-10-8-20-18(5-7-21-24(20,2)11-9-22(28)27(21)3)19(23)6-4-16(23)14-17-15-25-12-13-26-17/h12-15,18-21H,4-11H2,1-3H3/b16-14+/t18-,19-,20-,21+,23+,24+/m0/s1. The molecule has 0 radical (unpaired) electrons. The van der Waals surface area contributed by atoms with Gasteiger partial charge in [0, 0.05) is 31.9 Å². The summed E-state index contributed by atoms with van der Waals surface area (Å²) in [5, 5.41) is 0. The van der Waals surface area contributed by atoms with Crippen LogP contribution in [0, 0.1) is 28.6 Å². The first-order valence-electron chi connectivity index (χ1n) is 11.2. The van der Waals surface area contributed by atoms with Crippen molar-refractivity contribution in [3.8, 4) is 0 Å². The van der Waals surface area contributed by atoms with Crippen LogP contribution >= 0.6 is 0 Å². The second-order valence-corrected chi connectivity index (χ2v) is 10.3. The lowest BCUT2D eigenvalue weighted by Crippen LogP contribution is -2.61. The number of aromatic nitrogens is 2. The molecule has 1 saturated heterocycles. The van der Waals surface area contributed by atoms with Gasteiger partial charge in [0.1, 0.15) is 0 Å². The third-order valence-corrected chi connectivity index (χ3v) is 9.31. The van der Waals surface area contributed by atoms with E-state index in [0.29, 0.717) is 22.8 Å². The van der Waals surface area contributed by atoms with Crippen molar-refractivity contribution in [3.05, 3.63) is 29.9 Å². The maximum absolute atomic E-state index is 12.3. The molecule has 2 heterocycles. The van der Waals surface area contributed by atoms with Crippen molar-refractivity contribution < 1.29 is 4.79 Å². The van der Waals surface area contributed by atoms with Gasteiger partial charge in [-0.3, -0.25) is 14.8 Å². The van der Waals surface area contributed by atoms with Gasteiger partial charge in [0.25, 0.3) is 0 Å². The molecule has 28 heavy (non-hydrogen) atoms. The zero-order valence-corrected chi connectivity index (χ0v) is 17.5. The largest absolute Gasteiger partial charge is 0.342 e.